The highest BCUT2D eigenvalue weighted by Gasteiger charge is 2.25. The quantitative estimate of drug-likeness (QED) is 0.806. The SMILES string of the molecule is CCc1ccc(CNCc2ccc(S(=O)(=O)N3CCCCC3)cc2)cc1. The first-order valence-corrected chi connectivity index (χ1v) is 10.9. The second-order valence-corrected chi connectivity index (χ2v) is 8.82. The Kier molecular flexibility index (Phi) is 6.46. The van der Waals surface area contributed by atoms with E-state index in [-0.39, 0.29) is 0 Å². The fourth-order valence-corrected chi connectivity index (χ4v) is 4.79. The number of benzene rings is 2. The van der Waals surface area contributed by atoms with E-state index >= 15 is 0 Å². The number of hydrogen-bond donors (Lipinski definition) is 1. The molecule has 26 heavy (non-hydrogen) atoms. The molecule has 2 aromatic rings. The molecule has 0 radical (unpaired) electrons. The molecule has 1 fully saturated rings. The summed E-state index contributed by atoms with van der Waals surface area (Å²) >= 11 is 0. The minimum atomic E-state index is -3.34. The third-order valence-electron chi connectivity index (χ3n) is 4.97. The molecule has 0 amide bonds. The highest BCUT2D eigenvalue weighted by atomic mass is 32.2. The van der Waals surface area contributed by atoms with E-state index in [2.05, 4.69) is 36.5 Å². The molecule has 1 N–H and O–H groups in total. The summed E-state index contributed by atoms with van der Waals surface area (Å²) < 4.78 is 26.9. The molecule has 0 saturated carbocycles. The first kappa shape index (κ1) is 19.1. The molecule has 0 aliphatic carbocycles. The van der Waals surface area contributed by atoms with Crippen LogP contribution in [0.2, 0.25) is 0 Å². The van der Waals surface area contributed by atoms with Gasteiger partial charge in [0.15, 0.2) is 0 Å². The van der Waals surface area contributed by atoms with Gasteiger partial charge in [0.05, 0.1) is 4.90 Å². The van der Waals surface area contributed by atoms with Crippen LogP contribution in [-0.4, -0.2) is 25.8 Å². The molecule has 1 heterocycles. The van der Waals surface area contributed by atoms with E-state index in [0.717, 1.165) is 44.3 Å². The Morgan fingerprint density at radius 2 is 1.31 bits per heavy atom. The van der Waals surface area contributed by atoms with Crippen molar-refractivity contribution in [3.63, 3.8) is 0 Å². The van der Waals surface area contributed by atoms with Gasteiger partial charge in [-0.05, 0) is 48.1 Å². The fraction of sp³-hybridized carbons (Fsp3) is 0.429. The summed E-state index contributed by atoms with van der Waals surface area (Å²) in [4.78, 5) is 0.401. The highest BCUT2D eigenvalue weighted by molar-refractivity contribution is 7.89. The third kappa shape index (κ3) is 4.72. The van der Waals surface area contributed by atoms with Crippen molar-refractivity contribution >= 4 is 10.0 Å². The average molecular weight is 373 g/mol. The second kappa shape index (κ2) is 8.80. The monoisotopic (exact) mass is 372 g/mol. The molecule has 3 rings (SSSR count). The first-order chi connectivity index (χ1) is 12.6. The zero-order chi connectivity index (χ0) is 18.4. The molecule has 4 nitrogen and oxygen atoms in total. The molecule has 5 heteroatoms. The van der Waals surface area contributed by atoms with E-state index in [1.165, 1.54) is 11.1 Å². The Bertz CT molecular complexity index is 793. The number of rotatable bonds is 7. The Labute approximate surface area is 157 Å². The van der Waals surface area contributed by atoms with Crippen LogP contribution < -0.4 is 5.32 Å². The summed E-state index contributed by atoms with van der Waals surface area (Å²) in [5.74, 6) is 0. The number of nitrogens with zero attached hydrogens (tertiary/aromatic N) is 1. The van der Waals surface area contributed by atoms with Gasteiger partial charge in [-0.25, -0.2) is 8.42 Å². The Morgan fingerprint density at radius 3 is 1.85 bits per heavy atom. The van der Waals surface area contributed by atoms with E-state index in [1.807, 2.05) is 12.1 Å². The van der Waals surface area contributed by atoms with Crippen molar-refractivity contribution in [3.05, 3.63) is 65.2 Å². The molecule has 2 aromatic carbocycles. The number of piperidine rings is 1. The van der Waals surface area contributed by atoms with Gasteiger partial charge in [-0.15, -0.1) is 0 Å². The molecule has 1 saturated heterocycles. The number of sulfonamides is 1. The van der Waals surface area contributed by atoms with Crippen molar-refractivity contribution < 1.29 is 8.42 Å². The Morgan fingerprint density at radius 1 is 0.808 bits per heavy atom. The largest absolute Gasteiger partial charge is 0.309 e. The molecule has 0 bridgehead atoms. The zero-order valence-corrected chi connectivity index (χ0v) is 16.3. The maximum Gasteiger partial charge on any atom is 0.243 e. The minimum absolute atomic E-state index is 0.401. The van der Waals surface area contributed by atoms with Gasteiger partial charge in [-0.2, -0.15) is 4.31 Å². The predicted molar refractivity (Wildman–Crippen MR) is 105 cm³/mol. The van der Waals surface area contributed by atoms with Gasteiger partial charge >= 0.3 is 0 Å². The summed E-state index contributed by atoms with van der Waals surface area (Å²) in [6.45, 7) is 4.96. The number of nitrogens with one attached hydrogen (secondary N) is 1. The highest BCUT2D eigenvalue weighted by Crippen LogP contribution is 2.20. The van der Waals surface area contributed by atoms with Crippen LogP contribution in [0, 0.1) is 0 Å². The van der Waals surface area contributed by atoms with Crippen molar-refractivity contribution in [2.24, 2.45) is 0 Å². The van der Waals surface area contributed by atoms with E-state index in [0.29, 0.717) is 18.0 Å². The normalized spacial score (nSPS) is 15.9. The molecule has 0 unspecified atom stereocenters. The molecule has 0 aromatic heterocycles. The molecule has 1 aliphatic heterocycles. The van der Waals surface area contributed by atoms with Crippen molar-refractivity contribution in [2.75, 3.05) is 13.1 Å². The molecule has 1 aliphatic rings. The van der Waals surface area contributed by atoms with Gasteiger partial charge in [0.25, 0.3) is 0 Å². The van der Waals surface area contributed by atoms with Gasteiger partial charge in [0.2, 0.25) is 10.0 Å². The summed E-state index contributed by atoms with van der Waals surface area (Å²) in [7, 11) is -3.34. The lowest BCUT2D eigenvalue weighted by Crippen LogP contribution is -2.35. The zero-order valence-electron chi connectivity index (χ0n) is 15.4. The topological polar surface area (TPSA) is 49.4 Å². The third-order valence-corrected chi connectivity index (χ3v) is 6.88. The fourth-order valence-electron chi connectivity index (χ4n) is 3.28. The summed E-state index contributed by atoms with van der Waals surface area (Å²) in [5, 5.41) is 3.42. The van der Waals surface area contributed by atoms with Crippen LogP contribution in [0.4, 0.5) is 0 Å². The maximum absolute atomic E-state index is 12.7. The minimum Gasteiger partial charge on any atom is -0.309 e. The van der Waals surface area contributed by atoms with Crippen LogP contribution in [0.25, 0.3) is 0 Å². The van der Waals surface area contributed by atoms with Crippen LogP contribution in [0.5, 0.6) is 0 Å². The standard InChI is InChI=1S/C21H28N2O2S/c1-2-18-6-8-19(9-7-18)16-22-17-20-10-12-21(13-11-20)26(24,25)23-14-4-3-5-15-23/h6-13,22H,2-5,14-17H2,1H3. The molecule has 0 spiro atoms. The lowest BCUT2D eigenvalue weighted by molar-refractivity contribution is 0.346. The smallest absolute Gasteiger partial charge is 0.243 e. The summed E-state index contributed by atoms with van der Waals surface area (Å²) in [6, 6.07) is 15.9. The molecular formula is C21H28N2O2S. The van der Waals surface area contributed by atoms with Crippen molar-refractivity contribution in [1.29, 1.82) is 0 Å². The van der Waals surface area contributed by atoms with Gasteiger partial charge in [0.1, 0.15) is 0 Å². The second-order valence-electron chi connectivity index (χ2n) is 6.88. The van der Waals surface area contributed by atoms with Crippen LogP contribution in [-0.2, 0) is 29.5 Å². The molecule has 140 valence electrons. The van der Waals surface area contributed by atoms with Crippen molar-refractivity contribution in [3.8, 4) is 0 Å². The lowest BCUT2D eigenvalue weighted by atomic mass is 10.1. The van der Waals surface area contributed by atoms with Crippen LogP contribution in [0.15, 0.2) is 53.4 Å². The van der Waals surface area contributed by atoms with Gasteiger partial charge in [0, 0.05) is 26.2 Å². The first-order valence-electron chi connectivity index (χ1n) is 9.47. The van der Waals surface area contributed by atoms with Crippen molar-refractivity contribution in [2.45, 2.75) is 50.6 Å². The molecular weight excluding hydrogens is 344 g/mol. The van der Waals surface area contributed by atoms with Crippen LogP contribution in [0.3, 0.4) is 0 Å². The Balaban J connectivity index is 1.55. The van der Waals surface area contributed by atoms with E-state index in [1.54, 1.807) is 16.4 Å². The lowest BCUT2D eigenvalue weighted by Gasteiger charge is -2.25. The van der Waals surface area contributed by atoms with Gasteiger partial charge in [-0.1, -0.05) is 49.7 Å². The summed E-state index contributed by atoms with van der Waals surface area (Å²) in [5.41, 5.74) is 3.69. The summed E-state index contributed by atoms with van der Waals surface area (Å²) in [6.07, 6.45) is 4.10. The van der Waals surface area contributed by atoms with Crippen LogP contribution in [0.1, 0.15) is 42.9 Å². The van der Waals surface area contributed by atoms with E-state index in [9.17, 15) is 8.42 Å². The maximum atomic E-state index is 12.7. The average Bonchev–Trinajstić information content (AvgIpc) is 2.69. The number of hydrogen-bond acceptors (Lipinski definition) is 3. The van der Waals surface area contributed by atoms with Crippen LogP contribution >= 0.6 is 0 Å². The molecule has 0 atom stereocenters. The van der Waals surface area contributed by atoms with Gasteiger partial charge < -0.3 is 5.32 Å². The van der Waals surface area contributed by atoms with E-state index < -0.39 is 10.0 Å². The van der Waals surface area contributed by atoms with Gasteiger partial charge in [-0.3, -0.25) is 0 Å². The number of aryl methyl sites for hydroxylation is 1. The predicted octanol–water partition coefficient (Wildman–Crippen LogP) is 3.71. The Hall–Kier alpha value is -1.69. The van der Waals surface area contributed by atoms with E-state index in [4.69, 9.17) is 0 Å². The van der Waals surface area contributed by atoms with Crippen molar-refractivity contribution in [1.82, 2.24) is 9.62 Å².